The summed E-state index contributed by atoms with van der Waals surface area (Å²) in [5.41, 5.74) is 3.11. The number of nitrogens with zero attached hydrogens (tertiary/aromatic N) is 1. The second kappa shape index (κ2) is 8.88. The van der Waals surface area contributed by atoms with Crippen molar-refractivity contribution < 1.29 is 14.5 Å². The monoisotopic (exact) mass is 391 g/mol. The SMILES string of the molecule is COc1ccc([N+](=O)[O-])cc1NC(=O)C(C)Nc1ccc(-c2ccccc2)cc1. The van der Waals surface area contributed by atoms with E-state index in [2.05, 4.69) is 10.6 Å². The number of carbonyl (C=O) groups excluding carboxylic acids is 1. The normalized spacial score (nSPS) is 11.4. The average Bonchev–Trinajstić information content (AvgIpc) is 2.74. The third kappa shape index (κ3) is 4.90. The van der Waals surface area contributed by atoms with E-state index in [9.17, 15) is 14.9 Å². The number of ether oxygens (including phenoxy) is 1. The second-order valence-electron chi connectivity index (χ2n) is 6.44. The van der Waals surface area contributed by atoms with Gasteiger partial charge in [-0.1, -0.05) is 42.5 Å². The van der Waals surface area contributed by atoms with Gasteiger partial charge in [-0.3, -0.25) is 14.9 Å². The first kappa shape index (κ1) is 19.9. The number of hydrogen-bond acceptors (Lipinski definition) is 5. The highest BCUT2D eigenvalue weighted by molar-refractivity contribution is 5.97. The highest BCUT2D eigenvalue weighted by Crippen LogP contribution is 2.29. The van der Waals surface area contributed by atoms with E-state index in [0.29, 0.717) is 5.75 Å². The molecule has 0 spiro atoms. The molecular formula is C22H21N3O4. The first-order valence-electron chi connectivity index (χ1n) is 9.03. The Balaban J connectivity index is 1.68. The van der Waals surface area contributed by atoms with E-state index in [1.165, 1.54) is 25.3 Å². The number of methoxy groups -OCH3 is 1. The van der Waals surface area contributed by atoms with Crippen LogP contribution >= 0.6 is 0 Å². The van der Waals surface area contributed by atoms with Gasteiger partial charge in [0.1, 0.15) is 11.8 Å². The van der Waals surface area contributed by atoms with Gasteiger partial charge in [-0.2, -0.15) is 0 Å². The van der Waals surface area contributed by atoms with Gasteiger partial charge in [-0.05, 0) is 36.2 Å². The second-order valence-corrected chi connectivity index (χ2v) is 6.44. The third-order valence-electron chi connectivity index (χ3n) is 4.42. The summed E-state index contributed by atoms with van der Waals surface area (Å²) < 4.78 is 5.18. The van der Waals surface area contributed by atoms with Crippen LogP contribution in [0.1, 0.15) is 6.92 Å². The van der Waals surface area contributed by atoms with Gasteiger partial charge in [0.2, 0.25) is 5.91 Å². The molecule has 0 saturated heterocycles. The van der Waals surface area contributed by atoms with Gasteiger partial charge in [0.15, 0.2) is 0 Å². The Labute approximate surface area is 168 Å². The van der Waals surface area contributed by atoms with E-state index < -0.39 is 11.0 Å². The minimum absolute atomic E-state index is 0.127. The van der Waals surface area contributed by atoms with Crippen molar-refractivity contribution in [3.63, 3.8) is 0 Å². The number of benzene rings is 3. The fourth-order valence-electron chi connectivity index (χ4n) is 2.85. The van der Waals surface area contributed by atoms with Crippen molar-refractivity contribution in [2.45, 2.75) is 13.0 Å². The van der Waals surface area contributed by atoms with Gasteiger partial charge in [-0.25, -0.2) is 0 Å². The summed E-state index contributed by atoms with van der Waals surface area (Å²) in [5, 5.41) is 16.8. The molecule has 1 atom stereocenters. The van der Waals surface area contributed by atoms with Crippen LogP contribution < -0.4 is 15.4 Å². The predicted octanol–water partition coefficient (Wildman–Crippen LogP) is 4.71. The van der Waals surface area contributed by atoms with Crippen LogP contribution in [0.4, 0.5) is 17.1 Å². The number of non-ortho nitro benzene ring substituents is 1. The van der Waals surface area contributed by atoms with Gasteiger partial charge in [0.05, 0.1) is 17.7 Å². The molecule has 0 radical (unpaired) electrons. The van der Waals surface area contributed by atoms with Crippen molar-refractivity contribution in [1.82, 2.24) is 0 Å². The molecular weight excluding hydrogens is 370 g/mol. The van der Waals surface area contributed by atoms with Crippen molar-refractivity contribution in [3.8, 4) is 16.9 Å². The van der Waals surface area contributed by atoms with Crippen LogP contribution in [0, 0.1) is 10.1 Å². The molecule has 1 amide bonds. The maximum Gasteiger partial charge on any atom is 0.271 e. The van der Waals surface area contributed by atoms with E-state index in [0.717, 1.165) is 16.8 Å². The smallest absolute Gasteiger partial charge is 0.271 e. The first-order valence-corrected chi connectivity index (χ1v) is 9.03. The van der Waals surface area contributed by atoms with Gasteiger partial charge < -0.3 is 15.4 Å². The van der Waals surface area contributed by atoms with Crippen LogP contribution in [0.5, 0.6) is 5.75 Å². The number of carbonyl (C=O) groups is 1. The minimum atomic E-state index is -0.568. The Hall–Kier alpha value is -3.87. The number of hydrogen-bond donors (Lipinski definition) is 2. The van der Waals surface area contributed by atoms with E-state index in [1.54, 1.807) is 6.92 Å². The number of nitrogens with one attached hydrogen (secondary N) is 2. The number of nitro benzene ring substituents is 1. The molecule has 148 valence electrons. The number of amides is 1. The van der Waals surface area contributed by atoms with Crippen LogP contribution in [-0.2, 0) is 4.79 Å². The van der Waals surface area contributed by atoms with Gasteiger partial charge in [0, 0.05) is 17.8 Å². The zero-order valence-corrected chi connectivity index (χ0v) is 16.1. The Morgan fingerprint density at radius 1 is 1.00 bits per heavy atom. The molecule has 7 nitrogen and oxygen atoms in total. The Morgan fingerprint density at radius 3 is 2.28 bits per heavy atom. The maximum absolute atomic E-state index is 12.6. The lowest BCUT2D eigenvalue weighted by Crippen LogP contribution is -2.32. The highest BCUT2D eigenvalue weighted by atomic mass is 16.6. The number of rotatable bonds is 7. The predicted molar refractivity (Wildman–Crippen MR) is 113 cm³/mol. The van der Waals surface area contributed by atoms with Gasteiger partial charge >= 0.3 is 0 Å². The molecule has 2 N–H and O–H groups in total. The Bertz CT molecular complexity index is 1000. The summed E-state index contributed by atoms with van der Waals surface area (Å²) in [7, 11) is 1.44. The molecule has 3 aromatic rings. The molecule has 0 heterocycles. The third-order valence-corrected chi connectivity index (χ3v) is 4.42. The van der Waals surface area contributed by atoms with Crippen LogP contribution in [0.3, 0.4) is 0 Å². The summed E-state index contributed by atoms with van der Waals surface area (Å²) in [6.07, 6.45) is 0. The van der Waals surface area contributed by atoms with E-state index in [1.807, 2.05) is 54.6 Å². The molecule has 0 fully saturated rings. The Kier molecular flexibility index (Phi) is 6.09. The topological polar surface area (TPSA) is 93.5 Å². The summed E-state index contributed by atoms with van der Waals surface area (Å²) in [4.78, 5) is 23.0. The maximum atomic E-state index is 12.6. The average molecular weight is 391 g/mol. The molecule has 1 unspecified atom stereocenters. The lowest BCUT2D eigenvalue weighted by molar-refractivity contribution is -0.384. The number of anilines is 2. The standard InChI is InChI=1S/C22H21N3O4/c1-15(22(26)24-20-14-19(25(27)28)12-13-21(20)29-2)23-18-10-8-17(9-11-18)16-6-4-3-5-7-16/h3-15,23H,1-2H3,(H,24,26). The van der Waals surface area contributed by atoms with Gasteiger partial charge in [0.25, 0.3) is 5.69 Å². The molecule has 0 bridgehead atoms. The van der Waals surface area contributed by atoms with Crippen molar-refractivity contribution >= 4 is 23.0 Å². The summed E-state index contributed by atoms with van der Waals surface area (Å²) in [5.74, 6) is 0.0132. The molecule has 7 heteroatoms. The fourth-order valence-corrected chi connectivity index (χ4v) is 2.85. The van der Waals surface area contributed by atoms with Crippen LogP contribution in [0.2, 0.25) is 0 Å². The lowest BCUT2D eigenvalue weighted by Gasteiger charge is -2.17. The minimum Gasteiger partial charge on any atom is -0.495 e. The zero-order chi connectivity index (χ0) is 20.8. The summed E-state index contributed by atoms with van der Waals surface area (Å²) in [6.45, 7) is 1.71. The quantitative estimate of drug-likeness (QED) is 0.449. The van der Waals surface area contributed by atoms with Crippen molar-refractivity contribution in [1.29, 1.82) is 0 Å². The number of nitro groups is 1. The fraction of sp³-hybridized carbons (Fsp3) is 0.136. The molecule has 29 heavy (non-hydrogen) atoms. The van der Waals surface area contributed by atoms with Crippen LogP contribution in [0.15, 0.2) is 72.8 Å². The van der Waals surface area contributed by atoms with E-state index >= 15 is 0 Å². The van der Waals surface area contributed by atoms with Gasteiger partial charge in [-0.15, -0.1) is 0 Å². The molecule has 0 aliphatic heterocycles. The summed E-state index contributed by atoms with van der Waals surface area (Å²) >= 11 is 0. The molecule has 0 aliphatic carbocycles. The van der Waals surface area contributed by atoms with Crippen molar-refractivity contribution in [2.24, 2.45) is 0 Å². The van der Waals surface area contributed by atoms with Crippen molar-refractivity contribution in [2.75, 3.05) is 17.7 Å². The highest BCUT2D eigenvalue weighted by Gasteiger charge is 2.17. The van der Waals surface area contributed by atoms with E-state index in [4.69, 9.17) is 4.74 Å². The molecule has 3 aromatic carbocycles. The summed E-state index contributed by atoms with van der Waals surface area (Å²) in [6, 6.07) is 21.2. The van der Waals surface area contributed by atoms with Crippen molar-refractivity contribution in [3.05, 3.63) is 82.9 Å². The first-order chi connectivity index (χ1) is 14.0. The molecule has 3 rings (SSSR count). The van der Waals surface area contributed by atoms with E-state index in [-0.39, 0.29) is 17.3 Å². The molecule has 0 aromatic heterocycles. The van der Waals surface area contributed by atoms with Crippen LogP contribution in [0.25, 0.3) is 11.1 Å². The lowest BCUT2D eigenvalue weighted by atomic mass is 10.1. The largest absolute Gasteiger partial charge is 0.495 e. The molecule has 0 saturated carbocycles. The Morgan fingerprint density at radius 2 is 1.66 bits per heavy atom. The molecule has 0 aliphatic rings. The van der Waals surface area contributed by atoms with Crippen LogP contribution in [-0.4, -0.2) is 24.0 Å². The zero-order valence-electron chi connectivity index (χ0n) is 16.1.